The van der Waals surface area contributed by atoms with Gasteiger partial charge in [0, 0.05) is 11.5 Å². The van der Waals surface area contributed by atoms with E-state index in [1.807, 2.05) is 0 Å². The average Bonchev–Trinajstić information content (AvgIpc) is 2.81. The van der Waals surface area contributed by atoms with Crippen molar-refractivity contribution in [2.45, 2.75) is 13.3 Å². The van der Waals surface area contributed by atoms with Crippen LogP contribution in [0.3, 0.4) is 0 Å². The fraction of sp³-hybridized carbons (Fsp3) is 0.308. The van der Waals surface area contributed by atoms with Crippen LogP contribution in [0.1, 0.15) is 13.3 Å². The van der Waals surface area contributed by atoms with E-state index in [0.29, 0.717) is 33.3 Å². The molecule has 0 amide bonds. The van der Waals surface area contributed by atoms with Crippen LogP contribution < -0.4 is 0 Å². The predicted molar refractivity (Wildman–Crippen MR) is 84.7 cm³/mol. The maximum Gasteiger partial charge on any atom is 0.311 e. The molecule has 0 fully saturated rings. The number of thioether (sulfide) groups is 1. The Bertz CT molecular complexity index is 588. The van der Waals surface area contributed by atoms with Gasteiger partial charge in [0.2, 0.25) is 0 Å². The van der Waals surface area contributed by atoms with Crippen molar-refractivity contribution in [3.05, 3.63) is 28.2 Å². The normalized spacial score (nSPS) is 16.4. The van der Waals surface area contributed by atoms with Gasteiger partial charge in [-0.05, 0) is 25.1 Å². The lowest BCUT2D eigenvalue weighted by Crippen LogP contribution is -2.11. The van der Waals surface area contributed by atoms with Crippen LogP contribution >= 0.6 is 35.0 Å². The molecule has 7 heteroatoms. The molecule has 0 unspecified atom stereocenters. The molecule has 0 aromatic heterocycles. The summed E-state index contributed by atoms with van der Waals surface area (Å²) in [6, 6.07) is 5.13. The molecule has 0 N–H and O–H groups in total. The van der Waals surface area contributed by atoms with E-state index in [0.717, 1.165) is 5.71 Å². The molecule has 1 aliphatic heterocycles. The van der Waals surface area contributed by atoms with Gasteiger partial charge in [0.25, 0.3) is 0 Å². The molecule has 0 atom stereocenters. The van der Waals surface area contributed by atoms with Crippen molar-refractivity contribution < 1.29 is 9.53 Å². The van der Waals surface area contributed by atoms with Gasteiger partial charge in [0.1, 0.15) is 0 Å². The molecule has 1 aromatic rings. The number of hydrogen-bond acceptors (Lipinski definition) is 4. The summed E-state index contributed by atoms with van der Waals surface area (Å²) in [5.74, 6) is 0.390. The summed E-state index contributed by atoms with van der Waals surface area (Å²) in [7, 11) is 0. The molecule has 0 bridgehead atoms. The highest BCUT2D eigenvalue weighted by Gasteiger charge is 2.17. The van der Waals surface area contributed by atoms with Crippen molar-refractivity contribution in [2.24, 2.45) is 9.98 Å². The molecule has 0 saturated carbocycles. The van der Waals surface area contributed by atoms with Crippen molar-refractivity contribution in [3.8, 4) is 0 Å². The van der Waals surface area contributed by atoms with Crippen LogP contribution in [0.5, 0.6) is 0 Å². The second-order valence-corrected chi connectivity index (χ2v) is 5.70. The topological polar surface area (TPSA) is 51.0 Å². The summed E-state index contributed by atoms with van der Waals surface area (Å²) in [6.45, 7) is 2.16. The van der Waals surface area contributed by atoms with Gasteiger partial charge >= 0.3 is 5.97 Å². The number of aliphatic imine (C=N–C) groups is 2. The highest BCUT2D eigenvalue weighted by atomic mass is 35.5. The third kappa shape index (κ3) is 4.23. The van der Waals surface area contributed by atoms with Gasteiger partial charge in [-0.1, -0.05) is 35.0 Å². The Labute approximate surface area is 131 Å². The second kappa shape index (κ2) is 7.11. The zero-order valence-corrected chi connectivity index (χ0v) is 13.1. The summed E-state index contributed by atoms with van der Waals surface area (Å²) in [5.41, 5.74) is 1.45. The van der Waals surface area contributed by atoms with Gasteiger partial charge in [-0.2, -0.15) is 0 Å². The Kier molecular flexibility index (Phi) is 5.46. The van der Waals surface area contributed by atoms with E-state index in [-0.39, 0.29) is 12.4 Å². The number of esters is 1. The zero-order valence-electron chi connectivity index (χ0n) is 10.7. The molecule has 1 heterocycles. The van der Waals surface area contributed by atoms with Crippen LogP contribution in [0, 0.1) is 0 Å². The molecule has 106 valence electrons. The van der Waals surface area contributed by atoms with E-state index < -0.39 is 0 Å². The van der Waals surface area contributed by atoms with Crippen molar-refractivity contribution >= 4 is 57.5 Å². The highest BCUT2D eigenvalue weighted by Crippen LogP contribution is 2.28. The number of amidine groups is 1. The zero-order chi connectivity index (χ0) is 14.5. The molecule has 0 radical (unpaired) electrons. The molecule has 4 nitrogen and oxygen atoms in total. The third-order valence-electron chi connectivity index (χ3n) is 2.40. The summed E-state index contributed by atoms with van der Waals surface area (Å²) < 4.78 is 4.89. The van der Waals surface area contributed by atoms with E-state index >= 15 is 0 Å². The van der Waals surface area contributed by atoms with Crippen molar-refractivity contribution in [1.29, 1.82) is 0 Å². The molecule has 2 rings (SSSR count). The summed E-state index contributed by atoms with van der Waals surface area (Å²) >= 11 is 13.2. The van der Waals surface area contributed by atoms with Crippen LogP contribution in [0.15, 0.2) is 28.2 Å². The lowest BCUT2D eigenvalue weighted by Gasteiger charge is -1.99. The SMILES string of the molecule is CCOC(=O)CC1=NC(=Nc2ccc(Cl)c(Cl)c2)SC1. The minimum absolute atomic E-state index is 0.210. The van der Waals surface area contributed by atoms with E-state index in [1.54, 1.807) is 25.1 Å². The minimum Gasteiger partial charge on any atom is -0.466 e. The molecule has 0 spiro atoms. The van der Waals surface area contributed by atoms with Gasteiger partial charge in [-0.3, -0.25) is 4.79 Å². The predicted octanol–water partition coefficient (Wildman–Crippen LogP) is 4.12. The van der Waals surface area contributed by atoms with Crippen molar-refractivity contribution in [1.82, 2.24) is 0 Å². The summed E-state index contributed by atoms with van der Waals surface area (Å²) in [5, 5.41) is 1.55. The molecule has 1 aliphatic rings. The number of carbonyl (C=O) groups excluding carboxylic acids is 1. The van der Waals surface area contributed by atoms with E-state index in [2.05, 4.69) is 9.98 Å². The van der Waals surface area contributed by atoms with Gasteiger partial charge in [0.15, 0.2) is 5.17 Å². The molecule has 0 saturated heterocycles. The first-order valence-electron chi connectivity index (χ1n) is 5.97. The monoisotopic (exact) mass is 330 g/mol. The van der Waals surface area contributed by atoms with Crippen molar-refractivity contribution in [2.75, 3.05) is 12.4 Å². The van der Waals surface area contributed by atoms with E-state index in [4.69, 9.17) is 27.9 Å². The van der Waals surface area contributed by atoms with Crippen LogP contribution in [0.25, 0.3) is 0 Å². The fourth-order valence-electron chi connectivity index (χ4n) is 1.54. The molecule has 20 heavy (non-hydrogen) atoms. The molecular weight excluding hydrogens is 319 g/mol. The molecule has 0 aliphatic carbocycles. The highest BCUT2D eigenvalue weighted by molar-refractivity contribution is 8.15. The lowest BCUT2D eigenvalue weighted by molar-refractivity contribution is -0.141. The first kappa shape index (κ1) is 15.4. The average molecular weight is 331 g/mol. The second-order valence-electron chi connectivity index (χ2n) is 3.94. The minimum atomic E-state index is -0.261. The maximum atomic E-state index is 11.4. The van der Waals surface area contributed by atoms with E-state index in [1.165, 1.54) is 11.8 Å². The number of rotatable bonds is 4. The third-order valence-corrected chi connectivity index (χ3v) is 4.06. The van der Waals surface area contributed by atoms with Crippen molar-refractivity contribution in [3.63, 3.8) is 0 Å². The number of ether oxygens (including phenoxy) is 1. The Balaban J connectivity index is 2.06. The number of hydrogen-bond donors (Lipinski definition) is 0. The maximum absolute atomic E-state index is 11.4. The van der Waals surface area contributed by atoms with Gasteiger partial charge < -0.3 is 4.74 Å². The number of nitrogens with zero attached hydrogens (tertiary/aromatic N) is 2. The van der Waals surface area contributed by atoms with Gasteiger partial charge in [0.05, 0.1) is 28.8 Å². The van der Waals surface area contributed by atoms with Gasteiger partial charge in [-0.15, -0.1) is 0 Å². The lowest BCUT2D eigenvalue weighted by atomic mass is 10.3. The van der Waals surface area contributed by atoms with Crippen LogP contribution in [0.2, 0.25) is 10.0 Å². The summed E-state index contributed by atoms with van der Waals surface area (Å²) in [4.78, 5) is 20.0. The summed E-state index contributed by atoms with van der Waals surface area (Å²) in [6.07, 6.45) is 0.210. The quantitative estimate of drug-likeness (QED) is 0.780. The van der Waals surface area contributed by atoms with E-state index in [9.17, 15) is 4.79 Å². The Morgan fingerprint density at radius 1 is 1.45 bits per heavy atom. The fourth-order valence-corrected chi connectivity index (χ4v) is 2.66. The van der Waals surface area contributed by atoms with Crippen LogP contribution in [-0.2, 0) is 9.53 Å². The Hall–Kier alpha value is -1.04. The Morgan fingerprint density at radius 3 is 2.95 bits per heavy atom. The Morgan fingerprint density at radius 2 is 2.25 bits per heavy atom. The first-order valence-corrected chi connectivity index (χ1v) is 7.71. The number of halogens is 2. The number of carbonyl (C=O) groups is 1. The van der Waals surface area contributed by atoms with Crippen LogP contribution in [0.4, 0.5) is 5.69 Å². The van der Waals surface area contributed by atoms with Crippen LogP contribution in [-0.4, -0.2) is 29.2 Å². The molecular formula is C13H12Cl2N2O2S. The smallest absolute Gasteiger partial charge is 0.311 e. The number of benzene rings is 1. The molecule has 1 aromatic carbocycles. The van der Waals surface area contributed by atoms with Gasteiger partial charge in [-0.25, -0.2) is 9.98 Å². The largest absolute Gasteiger partial charge is 0.466 e. The first-order chi connectivity index (χ1) is 9.58. The standard InChI is InChI=1S/C13H12Cl2N2O2S/c1-2-19-12(18)6-9-7-20-13(17-9)16-8-3-4-10(14)11(15)5-8/h3-5H,2,6-7H2,1H3.